The van der Waals surface area contributed by atoms with Crippen LogP contribution in [0.3, 0.4) is 0 Å². The van der Waals surface area contributed by atoms with Gasteiger partial charge >= 0.3 is 5.97 Å². The van der Waals surface area contributed by atoms with Gasteiger partial charge in [-0.15, -0.1) is 11.3 Å². The molecular formula is C27H31Cl2N3O4S. The second kappa shape index (κ2) is 14.0. The van der Waals surface area contributed by atoms with Gasteiger partial charge in [0, 0.05) is 35.0 Å². The summed E-state index contributed by atoms with van der Waals surface area (Å²) in [5.74, 6) is -0.360. The van der Waals surface area contributed by atoms with Gasteiger partial charge in [0.15, 0.2) is 0 Å². The van der Waals surface area contributed by atoms with E-state index in [1.54, 1.807) is 54.7 Å². The van der Waals surface area contributed by atoms with E-state index in [4.69, 9.17) is 27.9 Å². The zero-order valence-corrected chi connectivity index (χ0v) is 23.3. The van der Waals surface area contributed by atoms with Gasteiger partial charge in [0.1, 0.15) is 22.5 Å². The van der Waals surface area contributed by atoms with Crippen molar-refractivity contribution in [1.82, 2.24) is 14.9 Å². The van der Waals surface area contributed by atoms with Crippen LogP contribution in [-0.4, -0.2) is 56.8 Å². The highest BCUT2D eigenvalue weighted by atomic mass is 35.5. The topological polar surface area (TPSA) is 95.8 Å². The van der Waals surface area contributed by atoms with Crippen molar-refractivity contribution in [3.63, 3.8) is 0 Å². The third kappa shape index (κ3) is 8.88. The molecule has 10 heteroatoms. The molecule has 7 nitrogen and oxygen atoms in total. The molecule has 0 amide bonds. The van der Waals surface area contributed by atoms with Crippen LogP contribution >= 0.6 is 34.5 Å². The number of hydrogen-bond donors (Lipinski definition) is 2. The number of halogens is 2. The molecule has 0 aliphatic rings. The van der Waals surface area contributed by atoms with Crippen molar-refractivity contribution in [3.8, 4) is 0 Å². The molecule has 3 rings (SSSR count). The summed E-state index contributed by atoms with van der Waals surface area (Å²) in [5.41, 5.74) is 1.75. The Morgan fingerprint density at radius 1 is 1.03 bits per heavy atom. The van der Waals surface area contributed by atoms with Gasteiger partial charge in [0.2, 0.25) is 0 Å². The lowest BCUT2D eigenvalue weighted by Crippen LogP contribution is -2.40. The number of pyridine rings is 2. The molecule has 3 atom stereocenters. The number of esters is 1. The van der Waals surface area contributed by atoms with Crippen LogP contribution in [0.2, 0.25) is 10.3 Å². The van der Waals surface area contributed by atoms with Crippen LogP contribution < -0.4 is 0 Å². The van der Waals surface area contributed by atoms with E-state index < -0.39 is 12.2 Å². The lowest BCUT2D eigenvalue weighted by Gasteiger charge is -2.32. The molecule has 0 fully saturated rings. The van der Waals surface area contributed by atoms with Gasteiger partial charge in [-0.25, -0.2) is 14.8 Å². The number of carbonyl (C=O) groups excluding carboxylic acids is 1. The predicted octanol–water partition coefficient (Wildman–Crippen LogP) is 5.51. The Bertz CT molecular complexity index is 1170. The number of nitrogens with zero attached hydrogens (tertiary/aromatic N) is 3. The van der Waals surface area contributed by atoms with Gasteiger partial charge in [0.05, 0.1) is 18.0 Å². The third-order valence-corrected chi connectivity index (χ3v) is 7.43. The SMILES string of the molecule is CCOC(=O)C=C(C)c1ccc(CC(C)N(CC(O)c2cccc(Cl)n2)CC(O)c2cccc(Cl)n2)s1. The molecule has 0 aromatic carbocycles. The van der Waals surface area contributed by atoms with E-state index >= 15 is 0 Å². The molecular weight excluding hydrogens is 533 g/mol. The van der Waals surface area contributed by atoms with Crippen LogP contribution in [0.4, 0.5) is 0 Å². The van der Waals surface area contributed by atoms with E-state index in [1.807, 2.05) is 30.9 Å². The van der Waals surface area contributed by atoms with Gasteiger partial charge in [-0.2, -0.15) is 0 Å². The van der Waals surface area contributed by atoms with Crippen LogP contribution in [0.1, 0.15) is 54.1 Å². The number of thiophene rings is 1. The maximum absolute atomic E-state index is 11.8. The Balaban J connectivity index is 1.77. The average molecular weight is 565 g/mol. The quantitative estimate of drug-likeness (QED) is 0.170. The highest BCUT2D eigenvalue weighted by Crippen LogP contribution is 2.27. The zero-order valence-electron chi connectivity index (χ0n) is 21.0. The molecule has 0 saturated heterocycles. The number of ether oxygens (including phenoxy) is 1. The lowest BCUT2D eigenvalue weighted by atomic mass is 10.1. The molecule has 3 aromatic heterocycles. The lowest BCUT2D eigenvalue weighted by molar-refractivity contribution is -0.137. The van der Waals surface area contributed by atoms with E-state index in [0.29, 0.717) is 34.7 Å². The molecule has 198 valence electrons. The molecule has 0 saturated carbocycles. The summed E-state index contributed by atoms with van der Waals surface area (Å²) in [6.07, 6.45) is 0.351. The van der Waals surface area contributed by atoms with Crippen molar-refractivity contribution < 1.29 is 19.7 Å². The first-order chi connectivity index (χ1) is 17.7. The van der Waals surface area contributed by atoms with Crippen LogP contribution in [0.5, 0.6) is 0 Å². The minimum Gasteiger partial charge on any atom is -0.463 e. The highest BCUT2D eigenvalue weighted by Gasteiger charge is 2.24. The number of aliphatic hydroxyl groups excluding tert-OH is 2. The molecule has 3 aromatic rings. The maximum Gasteiger partial charge on any atom is 0.331 e. The Hall–Kier alpha value is -2.33. The summed E-state index contributed by atoms with van der Waals surface area (Å²) in [6.45, 7) is 6.48. The van der Waals surface area contributed by atoms with Crippen molar-refractivity contribution in [2.24, 2.45) is 0 Å². The first kappa shape index (κ1) is 29.2. The second-order valence-corrected chi connectivity index (χ2v) is 10.6. The molecule has 0 aliphatic carbocycles. The summed E-state index contributed by atoms with van der Waals surface area (Å²) in [5, 5.41) is 22.5. The Kier molecular flexibility index (Phi) is 11.1. The normalized spacial score (nSPS) is 14.4. The predicted molar refractivity (Wildman–Crippen MR) is 148 cm³/mol. The molecule has 3 heterocycles. The van der Waals surface area contributed by atoms with Crippen molar-refractivity contribution in [1.29, 1.82) is 0 Å². The first-order valence-electron chi connectivity index (χ1n) is 12.0. The van der Waals surface area contributed by atoms with E-state index in [1.165, 1.54) is 6.08 Å². The third-order valence-electron chi connectivity index (χ3n) is 5.76. The first-order valence-corrected chi connectivity index (χ1v) is 13.5. The van der Waals surface area contributed by atoms with E-state index in [2.05, 4.69) is 9.97 Å². The van der Waals surface area contributed by atoms with Crippen molar-refractivity contribution >= 4 is 46.1 Å². The largest absolute Gasteiger partial charge is 0.463 e. The standard InChI is InChI=1S/C27H31Cl2N3O4S/c1-4-36-27(35)13-17(2)24-12-11-19(37-24)14-18(3)32(15-22(33)20-7-5-9-25(28)30-20)16-23(34)21-8-6-10-26(29)31-21/h5-13,18,22-23,33-34H,4,14-16H2,1-3H3. The van der Waals surface area contributed by atoms with Crippen molar-refractivity contribution in [2.45, 2.75) is 45.4 Å². The Labute approximate surface area is 231 Å². The van der Waals surface area contributed by atoms with Crippen molar-refractivity contribution in [3.05, 3.63) is 86.1 Å². The Morgan fingerprint density at radius 3 is 2.11 bits per heavy atom. The summed E-state index contributed by atoms with van der Waals surface area (Å²) in [7, 11) is 0. The summed E-state index contributed by atoms with van der Waals surface area (Å²) in [4.78, 5) is 24.4. The molecule has 0 radical (unpaired) electrons. The van der Waals surface area contributed by atoms with Crippen molar-refractivity contribution in [2.75, 3.05) is 19.7 Å². The van der Waals surface area contributed by atoms with Gasteiger partial charge in [-0.3, -0.25) is 4.90 Å². The van der Waals surface area contributed by atoms with E-state index in [9.17, 15) is 15.0 Å². The van der Waals surface area contributed by atoms with E-state index in [0.717, 1.165) is 15.3 Å². The van der Waals surface area contributed by atoms with Gasteiger partial charge < -0.3 is 14.9 Å². The second-order valence-electron chi connectivity index (χ2n) is 8.65. The molecule has 3 unspecified atom stereocenters. The molecule has 0 bridgehead atoms. The van der Waals surface area contributed by atoms with Crippen LogP contribution in [0.15, 0.2) is 54.6 Å². The minimum atomic E-state index is -0.908. The molecule has 0 aliphatic heterocycles. The van der Waals surface area contributed by atoms with Gasteiger partial charge in [-0.1, -0.05) is 35.3 Å². The highest BCUT2D eigenvalue weighted by molar-refractivity contribution is 7.13. The number of carbonyl (C=O) groups is 1. The minimum absolute atomic E-state index is 0.0523. The Morgan fingerprint density at radius 2 is 1.59 bits per heavy atom. The number of allylic oxidation sites excluding steroid dienone is 1. The van der Waals surface area contributed by atoms with E-state index in [-0.39, 0.29) is 25.1 Å². The summed E-state index contributed by atoms with van der Waals surface area (Å²) >= 11 is 13.6. The molecule has 2 N–H and O–H groups in total. The van der Waals surface area contributed by atoms with Crippen LogP contribution in [-0.2, 0) is 16.0 Å². The maximum atomic E-state index is 11.8. The number of hydrogen-bond acceptors (Lipinski definition) is 8. The fourth-order valence-corrected chi connectivity index (χ4v) is 5.28. The number of rotatable bonds is 12. The average Bonchev–Trinajstić information content (AvgIpc) is 3.32. The van der Waals surface area contributed by atoms with Crippen LogP contribution in [0.25, 0.3) is 5.57 Å². The number of aromatic nitrogens is 2. The number of aliphatic hydroxyl groups is 2. The fraction of sp³-hybridized carbons (Fsp3) is 0.370. The smallest absolute Gasteiger partial charge is 0.331 e. The summed E-state index contributed by atoms with van der Waals surface area (Å²) < 4.78 is 5.01. The fourth-order valence-electron chi connectivity index (χ4n) is 3.84. The van der Waals surface area contributed by atoms with Gasteiger partial charge in [0.25, 0.3) is 0 Å². The van der Waals surface area contributed by atoms with Crippen LogP contribution in [0, 0.1) is 0 Å². The summed E-state index contributed by atoms with van der Waals surface area (Å²) in [6, 6.07) is 14.2. The molecule has 0 spiro atoms. The van der Waals surface area contributed by atoms with Gasteiger partial charge in [-0.05, 0) is 69.2 Å². The zero-order chi connectivity index (χ0) is 26.9. The molecule has 37 heavy (non-hydrogen) atoms. The monoisotopic (exact) mass is 563 g/mol.